The van der Waals surface area contributed by atoms with Crippen LogP contribution in [0.4, 0.5) is 4.39 Å². The van der Waals surface area contributed by atoms with Crippen molar-refractivity contribution in [2.45, 2.75) is 38.8 Å². The van der Waals surface area contributed by atoms with Crippen LogP contribution >= 0.6 is 0 Å². The van der Waals surface area contributed by atoms with Crippen LogP contribution < -0.4 is 5.32 Å². The van der Waals surface area contributed by atoms with E-state index in [0.717, 1.165) is 12.1 Å². The Hall–Kier alpha value is -0.930. The maximum absolute atomic E-state index is 12.9. The molecule has 1 aromatic rings. The lowest BCUT2D eigenvalue weighted by molar-refractivity contribution is 0.200. The van der Waals surface area contributed by atoms with Crippen molar-refractivity contribution in [1.29, 1.82) is 0 Å². The van der Waals surface area contributed by atoms with Crippen LogP contribution in [0.3, 0.4) is 0 Å². The van der Waals surface area contributed by atoms with Crippen molar-refractivity contribution in [3.63, 3.8) is 0 Å². The monoisotopic (exact) mass is 250 g/mol. The number of piperidine rings is 1. The molecule has 0 aliphatic carbocycles. The minimum atomic E-state index is -0.165. The summed E-state index contributed by atoms with van der Waals surface area (Å²) in [5.74, 6) is -0.165. The summed E-state index contributed by atoms with van der Waals surface area (Å²) in [5, 5.41) is 3.65. The normalized spacial score (nSPS) is 19.9. The Bertz CT molecular complexity index is 355. The van der Waals surface area contributed by atoms with Crippen molar-refractivity contribution in [3.8, 4) is 0 Å². The highest BCUT2D eigenvalue weighted by Crippen LogP contribution is 2.17. The van der Waals surface area contributed by atoms with Crippen LogP contribution in [0.25, 0.3) is 0 Å². The minimum absolute atomic E-state index is 0.165. The van der Waals surface area contributed by atoms with Gasteiger partial charge in [0.15, 0.2) is 0 Å². The van der Waals surface area contributed by atoms with Crippen LogP contribution in [-0.2, 0) is 0 Å². The van der Waals surface area contributed by atoms with E-state index in [1.165, 1.54) is 38.1 Å². The van der Waals surface area contributed by atoms with E-state index in [9.17, 15) is 4.39 Å². The highest BCUT2D eigenvalue weighted by molar-refractivity contribution is 5.19. The molecule has 1 aromatic carbocycles. The molecule has 0 spiro atoms. The lowest BCUT2D eigenvalue weighted by Crippen LogP contribution is -2.43. The maximum atomic E-state index is 12.9. The topological polar surface area (TPSA) is 15.3 Å². The van der Waals surface area contributed by atoms with Crippen molar-refractivity contribution >= 4 is 0 Å². The molecule has 1 heterocycles. The highest BCUT2D eigenvalue weighted by Gasteiger charge is 2.19. The molecule has 2 nitrogen and oxygen atoms in total. The smallest absolute Gasteiger partial charge is 0.123 e. The van der Waals surface area contributed by atoms with Gasteiger partial charge in [0.05, 0.1) is 0 Å². The molecule has 2 rings (SSSR count). The molecule has 1 aliphatic heterocycles. The zero-order chi connectivity index (χ0) is 13.0. The SMILES string of the molecule is CCN1CCC(NC(C)c2ccc(F)cc2)CC1. The quantitative estimate of drug-likeness (QED) is 0.884. The Morgan fingerprint density at radius 2 is 1.89 bits per heavy atom. The standard InChI is InChI=1S/C15H23FN2/c1-3-18-10-8-15(9-11-18)17-12(2)13-4-6-14(16)7-5-13/h4-7,12,15,17H,3,8-11H2,1-2H3. The summed E-state index contributed by atoms with van der Waals surface area (Å²) in [5.41, 5.74) is 1.16. The number of hydrogen-bond acceptors (Lipinski definition) is 2. The number of halogens is 1. The van der Waals surface area contributed by atoms with Crippen LogP contribution in [0.15, 0.2) is 24.3 Å². The van der Waals surface area contributed by atoms with E-state index in [0.29, 0.717) is 12.1 Å². The second-order valence-corrected chi connectivity index (χ2v) is 5.15. The molecule has 1 atom stereocenters. The second kappa shape index (κ2) is 6.30. The molecule has 0 saturated carbocycles. The van der Waals surface area contributed by atoms with Gasteiger partial charge in [0, 0.05) is 12.1 Å². The van der Waals surface area contributed by atoms with Gasteiger partial charge in [0.2, 0.25) is 0 Å². The number of rotatable bonds is 4. The Kier molecular flexibility index (Phi) is 4.72. The molecule has 1 aliphatic rings. The summed E-state index contributed by atoms with van der Waals surface area (Å²) in [7, 11) is 0. The van der Waals surface area contributed by atoms with Gasteiger partial charge in [0.1, 0.15) is 5.82 Å². The predicted octanol–water partition coefficient (Wildman–Crippen LogP) is 2.96. The van der Waals surface area contributed by atoms with E-state index >= 15 is 0 Å². The summed E-state index contributed by atoms with van der Waals surface area (Å²) in [4.78, 5) is 2.49. The predicted molar refractivity (Wildman–Crippen MR) is 73.1 cm³/mol. The van der Waals surface area contributed by atoms with Gasteiger partial charge in [-0.25, -0.2) is 4.39 Å². The van der Waals surface area contributed by atoms with Crippen LogP contribution in [0.1, 0.15) is 38.3 Å². The summed E-state index contributed by atoms with van der Waals surface area (Å²) >= 11 is 0. The number of hydrogen-bond donors (Lipinski definition) is 1. The van der Waals surface area contributed by atoms with Crippen molar-refractivity contribution in [2.75, 3.05) is 19.6 Å². The maximum Gasteiger partial charge on any atom is 0.123 e. The molecule has 0 radical (unpaired) electrons. The van der Waals surface area contributed by atoms with E-state index in [-0.39, 0.29) is 5.82 Å². The van der Waals surface area contributed by atoms with E-state index in [1.807, 2.05) is 12.1 Å². The number of nitrogens with zero attached hydrogens (tertiary/aromatic N) is 1. The van der Waals surface area contributed by atoms with E-state index < -0.39 is 0 Å². The summed E-state index contributed by atoms with van der Waals surface area (Å²) in [6.45, 7) is 7.89. The van der Waals surface area contributed by atoms with E-state index in [4.69, 9.17) is 0 Å². The third-order valence-corrected chi connectivity index (χ3v) is 3.89. The van der Waals surface area contributed by atoms with Crippen LogP contribution in [0.2, 0.25) is 0 Å². The molecule has 1 unspecified atom stereocenters. The van der Waals surface area contributed by atoms with Crippen LogP contribution in [0, 0.1) is 5.82 Å². The molecule has 100 valence electrons. The fourth-order valence-electron chi connectivity index (χ4n) is 2.62. The minimum Gasteiger partial charge on any atom is -0.307 e. The average Bonchev–Trinajstić information content (AvgIpc) is 2.40. The van der Waals surface area contributed by atoms with Crippen LogP contribution in [-0.4, -0.2) is 30.6 Å². The van der Waals surface area contributed by atoms with Gasteiger partial charge in [-0.05, 0) is 57.1 Å². The largest absolute Gasteiger partial charge is 0.307 e. The molecule has 1 saturated heterocycles. The molecule has 3 heteroatoms. The van der Waals surface area contributed by atoms with Crippen molar-refractivity contribution in [3.05, 3.63) is 35.6 Å². The molecule has 18 heavy (non-hydrogen) atoms. The first-order valence-electron chi connectivity index (χ1n) is 6.93. The van der Waals surface area contributed by atoms with E-state index in [1.54, 1.807) is 0 Å². The lowest BCUT2D eigenvalue weighted by atomic mass is 10.0. The van der Waals surface area contributed by atoms with Gasteiger partial charge in [0.25, 0.3) is 0 Å². The van der Waals surface area contributed by atoms with Gasteiger partial charge in [-0.15, -0.1) is 0 Å². The zero-order valence-corrected chi connectivity index (χ0v) is 11.3. The Balaban J connectivity index is 1.84. The average molecular weight is 250 g/mol. The first-order chi connectivity index (χ1) is 8.69. The first kappa shape index (κ1) is 13.5. The van der Waals surface area contributed by atoms with Gasteiger partial charge in [-0.1, -0.05) is 19.1 Å². The molecule has 0 bridgehead atoms. The summed E-state index contributed by atoms with van der Waals surface area (Å²) < 4.78 is 12.9. The fourth-order valence-corrected chi connectivity index (χ4v) is 2.62. The fraction of sp³-hybridized carbons (Fsp3) is 0.600. The molecule has 1 fully saturated rings. The van der Waals surface area contributed by atoms with Crippen LogP contribution in [0.5, 0.6) is 0 Å². The van der Waals surface area contributed by atoms with Gasteiger partial charge < -0.3 is 10.2 Å². The van der Waals surface area contributed by atoms with Gasteiger partial charge >= 0.3 is 0 Å². The molecule has 0 amide bonds. The van der Waals surface area contributed by atoms with E-state index in [2.05, 4.69) is 24.1 Å². The molecular weight excluding hydrogens is 227 g/mol. The van der Waals surface area contributed by atoms with Crippen molar-refractivity contribution in [1.82, 2.24) is 10.2 Å². The molecule has 0 aromatic heterocycles. The third-order valence-electron chi connectivity index (χ3n) is 3.89. The summed E-state index contributed by atoms with van der Waals surface area (Å²) in [6.07, 6.45) is 2.42. The van der Waals surface area contributed by atoms with Gasteiger partial charge in [-0.3, -0.25) is 0 Å². The Morgan fingerprint density at radius 3 is 2.44 bits per heavy atom. The Morgan fingerprint density at radius 1 is 1.28 bits per heavy atom. The zero-order valence-electron chi connectivity index (χ0n) is 11.3. The van der Waals surface area contributed by atoms with Crippen molar-refractivity contribution < 1.29 is 4.39 Å². The Labute approximate surface area is 109 Å². The first-order valence-corrected chi connectivity index (χ1v) is 6.93. The highest BCUT2D eigenvalue weighted by atomic mass is 19.1. The second-order valence-electron chi connectivity index (χ2n) is 5.15. The molecular formula is C15H23FN2. The number of likely N-dealkylation sites (tertiary alicyclic amines) is 1. The third kappa shape index (κ3) is 3.53. The number of nitrogens with one attached hydrogen (secondary N) is 1. The van der Waals surface area contributed by atoms with Gasteiger partial charge in [-0.2, -0.15) is 0 Å². The molecule has 1 N–H and O–H groups in total. The number of benzene rings is 1. The van der Waals surface area contributed by atoms with Crippen molar-refractivity contribution in [2.24, 2.45) is 0 Å². The summed E-state index contributed by atoms with van der Waals surface area (Å²) in [6, 6.07) is 7.69. The lowest BCUT2D eigenvalue weighted by Gasteiger charge is -2.33.